The molecule has 13 aromatic rings. The van der Waals surface area contributed by atoms with Crippen LogP contribution in [0.4, 0.5) is 17.1 Å². The van der Waals surface area contributed by atoms with Gasteiger partial charge in [-0.2, -0.15) is 0 Å². The predicted octanol–water partition coefficient (Wildman–Crippen LogP) is 17.3. The average Bonchev–Trinajstić information content (AvgIpc) is 3.93. The average molecular weight is 871 g/mol. The number of furan rings is 1. The van der Waals surface area contributed by atoms with E-state index in [0.29, 0.717) is 0 Å². The van der Waals surface area contributed by atoms with Crippen LogP contribution < -0.4 is 4.90 Å². The molecule has 4 heteroatoms. The quantitative estimate of drug-likeness (QED) is 0.176. The summed E-state index contributed by atoms with van der Waals surface area (Å²) in [4.78, 5) is 5.02. The fourth-order valence-corrected chi connectivity index (χ4v) is 13.1. The highest BCUT2D eigenvalue weighted by Crippen LogP contribution is 2.62. The number of rotatable bonds is 4. The van der Waals surface area contributed by atoms with Crippen molar-refractivity contribution < 1.29 is 4.42 Å². The number of anilines is 3. The minimum atomic E-state index is -0.517. The highest BCUT2D eigenvalue weighted by atomic mass is 32.2. The van der Waals surface area contributed by atoms with Gasteiger partial charge in [0.05, 0.1) is 22.1 Å². The first kappa shape index (κ1) is 37.0. The van der Waals surface area contributed by atoms with Crippen LogP contribution in [-0.4, -0.2) is 4.57 Å². The summed E-state index contributed by atoms with van der Waals surface area (Å²) >= 11 is 1.89. The third-order valence-electron chi connectivity index (χ3n) is 14.6. The molecule has 0 fully saturated rings. The van der Waals surface area contributed by atoms with Crippen molar-refractivity contribution in [2.24, 2.45) is 0 Å². The van der Waals surface area contributed by atoms with Gasteiger partial charge in [-0.05, 0) is 116 Å². The van der Waals surface area contributed by atoms with E-state index in [2.05, 4.69) is 228 Å². The van der Waals surface area contributed by atoms with Gasteiger partial charge >= 0.3 is 0 Å². The van der Waals surface area contributed by atoms with Crippen molar-refractivity contribution in [1.29, 1.82) is 0 Å². The maximum absolute atomic E-state index is 6.42. The Bertz CT molecular complexity index is 4220. The molecule has 15 rings (SSSR count). The van der Waals surface area contributed by atoms with Crippen molar-refractivity contribution in [1.82, 2.24) is 4.57 Å². The molecule has 3 nitrogen and oxygen atoms in total. The monoisotopic (exact) mass is 870 g/mol. The van der Waals surface area contributed by atoms with E-state index in [1.54, 1.807) is 0 Å². The van der Waals surface area contributed by atoms with Crippen molar-refractivity contribution in [3.8, 4) is 16.8 Å². The fourth-order valence-electron chi connectivity index (χ4n) is 11.9. The fraction of sp³-hybridized carbons (Fsp3) is 0.0159. The van der Waals surface area contributed by atoms with Crippen LogP contribution in [0.1, 0.15) is 22.3 Å². The molecule has 67 heavy (non-hydrogen) atoms. The molecule has 0 saturated carbocycles. The summed E-state index contributed by atoms with van der Waals surface area (Å²) in [6, 6.07) is 85.3. The lowest BCUT2D eigenvalue weighted by Crippen LogP contribution is -2.36. The summed E-state index contributed by atoms with van der Waals surface area (Å²) in [5, 5.41) is 9.66. The summed E-state index contributed by atoms with van der Waals surface area (Å²) in [5.74, 6) is 0. The summed E-state index contributed by atoms with van der Waals surface area (Å²) in [6.07, 6.45) is 0. The minimum absolute atomic E-state index is 0.517. The van der Waals surface area contributed by atoms with E-state index >= 15 is 0 Å². The van der Waals surface area contributed by atoms with Gasteiger partial charge in [0.2, 0.25) is 0 Å². The molecule has 312 valence electrons. The third kappa shape index (κ3) is 5.08. The van der Waals surface area contributed by atoms with Gasteiger partial charge in [0.1, 0.15) is 11.2 Å². The van der Waals surface area contributed by atoms with Gasteiger partial charge in [-0.25, -0.2) is 0 Å². The molecular weight excluding hydrogens is 833 g/mol. The predicted molar refractivity (Wildman–Crippen MR) is 279 cm³/mol. The van der Waals surface area contributed by atoms with Gasteiger partial charge < -0.3 is 13.9 Å². The summed E-state index contributed by atoms with van der Waals surface area (Å²) in [6.45, 7) is 0. The molecule has 2 aliphatic rings. The SMILES string of the molecule is c1ccc2c(c1)Sc1cc(N(c3ccc4c(c3)c3ccccc3n4-c3ccc4c(c3)oc3ccccc34)c3cccc4ccccc34)ccc1C21c2ccccc2-c2cccc3cccc1c23. The van der Waals surface area contributed by atoms with Gasteiger partial charge in [-0.1, -0.05) is 169 Å². The Balaban J connectivity index is 0.971. The van der Waals surface area contributed by atoms with E-state index in [-0.39, 0.29) is 0 Å². The molecule has 0 amide bonds. The number of fused-ring (bicyclic) bond motifs is 15. The highest BCUT2D eigenvalue weighted by Gasteiger charge is 2.48. The number of hydrogen-bond donors (Lipinski definition) is 0. The zero-order valence-electron chi connectivity index (χ0n) is 36.2. The summed E-state index contributed by atoms with van der Waals surface area (Å²) in [5.41, 5.74) is 15.9. The standard InChI is InChI=1S/C63H38N2OS/c1-2-18-44-39(14-1)15-13-27-55(44)64(41-32-35-57-50(36-41)46-20-4-8-26-56(46)65(57)42-30-33-48-47-21-5-9-28-58(47)66-59(48)37-42)43-31-34-53-61(38-43)67-60-29-10-7-24-52(60)63(53)51-23-6-3-19-45(51)49-22-11-16-40-17-12-25-54(63)62(40)49/h1-38H. The lowest BCUT2D eigenvalue weighted by molar-refractivity contribution is 0.668. The summed E-state index contributed by atoms with van der Waals surface area (Å²) in [7, 11) is 0. The van der Waals surface area contributed by atoms with Crippen LogP contribution in [0.3, 0.4) is 0 Å². The molecule has 11 aromatic carbocycles. The molecule has 1 spiro atoms. The lowest BCUT2D eigenvalue weighted by atomic mass is 9.59. The van der Waals surface area contributed by atoms with E-state index in [9.17, 15) is 0 Å². The Hall–Kier alpha value is -8.31. The Morgan fingerprint density at radius 2 is 1.03 bits per heavy atom. The minimum Gasteiger partial charge on any atom is -0.456 e. The van der Waals surface area contributed by atoms with Crippen molar-refractivity contribution in [3.05, 3.63) is 253 Å². The van der Waals surface area contributed by atoms with Gasteiger partial charge in [0, 0.05) is 59.9 Å². The summed E-state index contributed by atoms with van der Waals surface area (Å²) < 4.78 is 8.81. The maximum Gasteiger partial charge on any atom is 0.137 e. The number of para-hydroxylation sites is 2. The number of aromatic nitrogens is 1. The van der Waals surface area contributed by atoms with Crippen LogP contribution in [0.5, 0.6) is 0 Å². The first-order chi connectivity index (χ1) is 33.2. The van der Waals surface area contributed by atoms with E-state index in [4.69, 9.17) is 4.42 Å². The molecular formula is C63H38N2OS. The Labute approximate surface area is 390 Å². The lowest BCUT2D eigenvalue weighted by Gasteiger charge is -2.46. The second-order valence-electron chi connectivity index (χ2n) is 17.9. The first-order valence-corrected chi connectivity index (χ1v) is 23.8. The van der Waals surface area contributed by atoms with Crippen LogP contribution >= 0.6 is 11.8 Å². The zero-order valence-corrected chi connectivity index (χ0v) is 37.0. The third-order valence-corrected chi connectivity index (χ3v) is 15.7. The van der Waals surface area contributed by atoms with E-state index in [1.165, 1.54) is 75.5 Å². The molecule has 1 aliphatic carbocycles. The van der Waals surface area contributed by atoms with Crippen LogP contribution in [0, 0.1) is 0 Å². The highest BCUT2D eigenvalue weighted by molar-refractivity contribution is 7.99. The largest absolute Gasteiger partial charge is 0.456 e. The Morgan fingerprint density at radius 3 is 1.97 bits per heavy atom. The van der Waals surface area contributed by atoms with E-state index < -0.39 is 5.41 Å². The van der Waals surface area contributed by atoms with Crippen molar-refractivity contribution >= 4 is 94.1 Å². The topological polar surface area (TPSA) is 21.3 Å². The molecule has 1 atom stereocenters. The molecule has 3 heterocycles. The Morgan fingerprint density at radius 1 is 0.388 bits per heavy atom. The van der Waals surface area contributed by atoms with Crippen molar-refractivity contribution in [2.75, 3.05) is 4.90 Å². The molecule has 0 bridgehead atoms. The van der Waals surface area contributed by atoms with E-state index in [1.807, 2.05) is 23.9 Å². The maximum atomic E-state index is 6.42. The molecule has 1 aliphatic heterocycles. The van der Waals surface area contributed by atoms with Gasteiger partial charge in [-0.15, -0.1) is 0 Å². The first-order valence-electron chi connectivity index (χ1n) is 23.0. The van der Waals surface area contributed by atoms with Crippen molar-refractivity contribution in [2.45, 2.75) is 15.2 Å². The molecule has 2 aromatic heterocycles. The second-order valence-corrected chi connectivity index (χ2v) is 19.0. The van der Waals surface area contributed by atoms with E-state index in [0.717, 1.165) is 55.7 Å². The molecule has 0 saturated heterocycles. The second kappa shape index (κ2) is 13.9. The molecule has 0 radical (unpaired) electrons. The van der Waals surface area contributed by atoms with Crippen LogP contribution in [0.2, 0.25) is 0 Å². The van der Waals surface area contributed by atoms with Crippen LogP contribution in [0.15, 0.2) is 245 Å². The number of nitrogens with zero attached hydrogens (tertiary/aromatic N) is 2. The number of hydrogen-bond acceptors (Lipinski definition) is 3. The van der Waals surface area contributed by atoms with Gasteiger partial charge in [0.15, 0.2) is 0 Å². The van der Waals surface area contributed by atoms with Crippen LogP contribution in [0.25, 0.3) is 82.1 Å². The normalized spacial score (nSPS) is 14.9. The van der Waals surface area contributed by atoms with Gasteiger partial charge in [0.25, 0.3) is 0 Å². The Kier molecular flexibility index (Phi) is 7.64. The zero-order chi connectivity index (χ0) is 43.8. The molecule has 0 N–H and O–H groups in total. The number of benzene rings is 11. The van der Waals surface area contributed by atoms with Crippen molar-refractivity contribution in [3.63, 3.8) is 0 Å². The molecule has 1 unspecified atom stereocenters. The smallest absolute Gasteiger partial charge is 0.137 e. The van der Waals surface area contributed by atoms with Gasteiger partial charge in [-0.3, -0.25) is 0 Å². The van der Waals surface area contributed by atoms with Crippen LogP contribution in [-0.2, 0) is 5.41 Å².